The number of hydrogen-bond donors (Lipinski definition) is 2. The van der Waals surface area contributed by atoms with Gasteiger partial charge in [0.2, 0.25) is 0 Å². The van der Waals surface area contributed by atoms with Gasteiger partial charge in [-0.1, -0.05) is 42.0 Å². The summed E-state index contributed by atoms with van der Waals surface area (Å²) in [5, 5.41) is 2.91. The summed E-state index contributed by atoms with van der Waals surface area (Å²) < 4.78 is 33.8. The van der Waals surface area contributed by atoms with Gasteiger partial charge < -0.3 is 10.1 Å². The number of rotatable bonds is 7. The minimum Gasteiger partial charge on any atom is -0.496 e. The Labute approximate surface area is 183 Å². The number of methoxy groups -OCH3 is 1. The van der Waals surface area contributed by atoms with Gasteiger partial charge in [-0.15, -0.1) is 0 Å². The fraction of sp³-hybridized carbons (Fsp3) is 0.208. The normalized spacial score (nSPS) is 12.1. The zero-order valence-corrected chi connectivity index (χ0v) is 18.8. The average molecular weight is 439 g/mol. The number of anilines is 1. The first-order valence-electron chi connectivity index (χ1n) is 9.85. The fourth-order valence-electron chi connectivity index (χ4n) is 3.24. The van der Waals surface area contributed by atoms with Gasteiger partial charge in [-0.3, -0.25) is 9.52 Å². The molecule has 0 aromatic heterocycles. The molecule has 3 aromatic rings. The third kappa shape index (κ3) is 5.24. The highest BCUT2D eigenvalue weighted by Gasteiger charge is 2.21. The van der Waals surface area contributed by atoms with E-state index in [9.17, 15) is 13.2 Å². The Morgan fingerprint density at radius 3 is 2.32 bits per heavy atom. The summed E-state index contributed by atoms with van der Waals surface area (Å²) in [5.41, 5.74) is 3.14. The van der Waals surface area contributed by atoms with Crippen LogP contribution in [0.1, 0.15) is 40.0 Å². The quantitative estimate of drug-likeness (QED) is 0.564. The van der Waals surface area contributed by atoms with Crippen molar-refractivity contribution >= 4 is 21.6 Å². The van der Waals surface area contributed by atoms with E-state index in [0.29, 0.717) is 17.0 Å². The van der Waals surface area contributed by atoms with E-state index in [1.54, 1.807) is 38.3 Å². The number of amides is 1. The summed E-state index contributed by atoms with van der Waals surface area (Å²) in [7, 11) is -2.28. The maximum atomic E-state index is 13.0. The highest BCUT2D eigenvalue weighted by atomic mass is 32.2. The monoisotopic (exact) mass is 438 g/mol. The molecule has 1 amide bonds. The molecule has 2 N–H and O–H groups in total. The Kier molecular flexibility index (Phi) is 6.65. The second-order valence-corrected chi connectivity index (χ2v) is 9.04. The maximum Gasteiger partial charge on any atom is 0.262 e. The molecule has 31 heavy (non-hydrogen) atoms. The predicted molar refractivity (Wildman–Crippen MR) is 122 cm³/mol. The van der Waals surface area contributed by atoms with E-state index in [4.69, 9.17) is 4.74 Å². The summed E-state index contributed by atoms with van der Waals surface area (Å²) in [6.07, 6.45) is 0. The van der Waals surface area contributed by atoms with Gasteiger partial charge >= 0.3 is 0 Å². The number of sulfonamides is 1. The molecule has 0 saturated heterocycles. The average Bonchev–Trinajstić information content (AvgIpc) is 2.75. The van der Waals surface area contributed by atoms with Crippen LogP contribution in [0.5, 0.6) is 5.75 Å². The van der Waals surface area contributed by atoms with Gasteiger partial charge in [0, 0.05) is 16.8 Å². The molecular weight excluding hydrogens is 412 g/mol. The Morgan fingerprint density at radius 2 is 1.65 bits per heavy atom. The lowest BCUT2D eigenvalue weighted by molar-refractivity contribution is 0.0939. The van der Waals surface area contributed by atoms with Crippen LogP contribution in [-0.2, 0) is 10.0 Å². The van der Waals surface area contributed by atoms with E-state index < -0.39 is 10.0 Å². The van der Waals surface area contributed by atoms with Gasteiger partial charge in [0.1, 0.15) is 5.75 Å². The summed E-state index contributed by atoms with van der Waals surface area (Å²) in [4.78, 5) is 12.9. The minimum absolute atomic E-state index is 0.0608. The standard InChI is InChI=1S/C24H26N2O4S/c1-16-9-13-20(14-10-16)26-31(28,29)23-15-19(12-11-17(23)2)24(27)25-18(3)21-7-5-6-8-22(21)30-4/h5-15,18,26H,1-4H3,(H,25,27). The molecule has 3 rings (SSSR count). The summed E-state index contributed by atoms with van der Waals surface area (Å²) in [6, 6.07) is 18.8. The van der Waals surface area contributed by atoms with Crippen LogP contribution in [0.25, 0.3) is 0 Å². The number of para-hydroxylation sites is 1. The molecule has 7 heteroatoms. The number of ether oxygens (including phenoxy) is 1. The Morgan fingerprint density at radius 1 is 0.968 bits per heavy atom. The van der Waals surface area contributed by atoms with Crippen LogP contribution in [0, 0.1) is 13.8 Å². The van der Waals surface area contributed by atoms with Gasteiger partial charge in [-0.25, -0.2) is 8.42 Å². The molecule has 3 aromatic carbocycles. The van der Waals surface area contributed by atoms with Crippen LogP contribution in [0.3, 0.4) is 0 Å². The zero-order valence-electron chi connectivity index (χ0n) is 18.0. The lowest BCUT2D eigenvalue weighted by Gasteiger charge is -2.18. The predicted octanol–water partition coefficient (Wildman–Crippen LogP) is 4.60. The first kappa shape index (κ1) is 22.4. The van der Waals surface area contributed by atoms with E-state index in [1.807, 2.05) is 50.2 Å². The topological polar surface area (TPSA) is 84.5 Å². The molecule has 0 aliphatic heterocycles. The number of aryl methyl sites for hydroxylation is 2. The van der Waals surface area contributed by atoms with Gasteiger partial charge in [0.05, 0.1) is 18.0 Å². The van der Waals surface area contributed by atoms with Gasteiger partial charge in [0.15, 0.2) is 0 Å². The summed E-state index contributed by atoms with van der Waals surface area (Å²) in [6.45, 7) is 5.47. The van der Waals surface area contributed by atoms with Crippen molar-refractivity contribution in [1.82, 2.24) is 5.32 Å². The molecule has 0 spiro atoms. The number of carbonyl (C=O) groups is 1. The van der Waals surface area contributed by atoms with Crippen molar-refractivity contribution in [2.45, 2.75) is 31.7 Å². The first-order chi connectivity index (χ1) is 14.7. The van der Waals surface area contributed by atoms with E-state index >= 15 is 0 Å². The molecular formula is C24H26N2O4S. The van der Waals surface area contributed by atoms with Crippen molar-refractivity contribution in [2.75, 3.05) is 11.8 Å². The van der Waals surface area contributed by atoms with Crippen molar-refractivity contribution < 1.29 is 17.9 Å². The van der Waals surface area contributed by atoms with Crippen molar-refractivity contribution in [3.05, 3.63) is 89.0 Å². The summed E-state index contributed by atoms with van der Waals surface area (Å²) in [5.74, 6) is 0.301. The van der Waals surface area contributed by atoms with Crippen LogP contribution in [0.2, 0.25) is 0 Å². The Bertz CT molecular complexity index is 1190. The molecule has 0 saturated carbocycles. The third-order valence-electron chi connectivity index (χ3n) is 5.00. The smallest absolute Gasteiger partial charge is 0.262 e. The largest absolute Gasteiger partial charge is 0.496 e. The number of nitrogens with one attached hydrogen (secondary N) is 2. The molecule has 0 fully saturated rings. The molecule has 1 atom stereocenters. The van der Waals surface area contributed by atoms with E-state index in [1.165, 1.54) is 6.07 Å². The van der Waals surface area contributed by atoms with E-state index in [-0.39, 0.29) is 22.4 Å². The molecule has 0 aliphatic rings. The summed E-state index contributed by atoms with van der Waals surface area (Å²) >= 11 is 0. The Balaban J connectivity index is 1.84. The van der Waals surface area contributed by atoms with Gasteiger partial charge in [-0.2, -0.15) is 0 Å². The van der Waals surface area contributed by atoms with Crippen molar-refractivity contribution in [3.8, 4) is 5.75 Å². The molecule has 0 aliphatic carbocycles. The highest BCUT2D eigenvalue weighted by Crippen LogP contribution is 2.25. The first-order valence-corrected chi connectivity index (χ1v) is 11.3. The third-order valence-corrected chi connectivity index (χ3v) is 6.52. The van der Waals surface area contributed by atoms with Crippen molar-refractivity contribution in [3.63, 3.8) is 0 Å². The van der Waals surface area contributed by atoms with Crippen LogP contribution in [-0.4, -0.2) is 21.4 Å². The van der Waals surface area contributed by atoms with Crippen LogP contribution < -0.4 is 14.8 Å². The zero-order chi connectivity index (χ0) is 22.6. The van der Waals surface area contributed by atoms with E-state index in [2.05, 4.69) is 10.0 Å². The Hall–Kier alpha value is -3.32. The number of hydrogen-bond acceptors (Lipinski definition) is 4. The van der Waals surface area contributed by atoms with Crippen LogP contribution in [0.15, 0.2) is 71.6 Å². The number of benzene rings is 3. The van der Waals surface area contributed by atoms with Gasteiger partial charge in [-0.05, 0) is 56.7 Å². The van der Waals surface area contributed by atoms with Crippen LogP contribution in [0.4, 0.5) is 5.69 Å². The van der Waals surface area contributed by atoms with Crippen molar-refractivity contribution in [2.24, 2.45) is 0 Å². The molecule has 162 valence electrons. The molecule has 0 radical (unpaired) electrons. The lowest BCUT2D eigenvalue weighted by atomic mass is 10.1. The second kappa shape index (κ2) is 9.22. The SMILES string of the molecule is COc1ccccc1C(C)NC(=O)c1ccc(C)c(S(=O)(=O)Nc2ccc(C)cc2)c1. The molecule has 0 bridgehead atoms. The second-order valence-electron chi connectivity index (χ2n) is 7.39. The minimum atomic E-state index is -3.85. The lowest BCUT2D eigenvalue weighted by Crippen LogP contribution is -2.27. The van der Waals surface area contributed by atoms with E-state index in [0.717, 1.165) is 11.1 Å². The van der Waals surface area contributed by atoms with Gasteiger partial charge in [0.25, 0.3) is 15.9 Å². The van der Waals surface area contributed by atoms with Crippen molar-refractivity contribution in [1.29, 1.82) is 0 Å². The number of carbonyl (C=O) groups excluding carboxylic acids is 1. The molecule has 0 heterocycles. The highest BCUT2D eigenvalue weighted by molar-refractivity contribution is 7.92. The molecule has 1 unspecified atom stereocenters. The fourth-order valence-corrected chi connectivity index (χ4v) is 4.57. The van der Waals surface area contributed by atoms with Crippen LogP contribution >= 0.6 is 0 Å². The molecule has 6 nitrogen and oxygen atoms in total. The maximum absolute atomic E-state index is 13.0.